The molecule has 2 aromatic rings. The number of anilines is 2. The Bertz CT molecular complexity index is 659. The van der Waals surface area contributed by atoms with Gasteiger partial charge < -0.3 is 5.32 Å². The third-order valence-electron chi connectivity index (χ3n) is 2.55. The van der Waals surface area contributed by atoms with Gasteiger partial charge in [-0.15, -0.1) is 0 Å². The minimum atomic E-state index is -3.67. The van der Waals surface area contributed by atoms with Gasteiger partial charge in [0.15, 0.2) is 0 Å². The average Bonchev–Trinajstić information content (AvgIpc) is 2.46. The van der Waals surface area contributed by atoms with Crippen molar-refractivity contribution in [2.45, 2.75) is 18.2 Å². The second-order valence-electron chi connectivity index (χ2n) is 4.16. The number of hydrogen-bond donors (Lipinski definition) is 2. The largest absolute Gasteiger partial charge is 0.384 e. The molecule has 2 rings (SSSR count). The van der Waals surface area contributed by atoms with Crippen molar-refractivity contribution < 1.29 is 8.42 Å². The Balaban J connectivity index is 2.30. The van der Waals surface area contributed by atoms with Crippen LogP contribution in [0.3, 0.4) is 0 Å². The smallest absolute Gasteiger partial charge is 0.264 e. The zero-order chi connectivity index (χ0) is 14.4. The first-order valence-electron chi connectivity index (χ1n) is 6.24. The molecular formula is C13H16N4O2S. The molecule has 0 radical (unpaired) electrons. The molecule has 0 amide bonds. The van der Waals surface area contributed by atoms with E-state index in [2.05, 4.69) is 20.0 Å². The van der Waals surface area contributed by atoms with Crippen LogP contribution in [0.1, 0.15) is 13.3 Å². The maximum atomic E-state index is 12.4. The summed E-state index contributed by atoms with van der Waals surface area (Å²) in [7, 11) is -3.67. The molecule has 7 heteroatoms. The number of aromatic nitrogens is 2. The van der Waals surface area contributed by atoms with Crippen molar-refractivity contribution in [1.29, 1.82) is 0 Å². The minimum Gasteiger partial charge on any atom is -0.384 e. The van der Waals surface area contributed by atoms with Crippen LogP contribution in [0.15, 0.2) is 47.9 Å². The van der Waals surface area contributed by atoms with Gasteiger partial charge in [-0.1, -0.05) is 19.1 Å². The van der Waals surface area contributed by atoms with E-state index in [0.717, 1.165) is 6.42 Å². The van der Waals surface area contributed by atoms with Crippen LogP contribution in [0, 0.1) is 0 Å². The summed E-state index contributed by atoms with van der Waals surface area (Å²) in [6, 6.07) is 6.78. The Morgan fingerprint density at radius 3 is 2.55 bits per heavy atom. The number of para-hydroxylation sites is 1. The quantitative estimate of drug-likeness (QED) is 0.851. The van der Waals surface area contributed by atoms with Gasteiger partial charge >= 0.3 is 0 Å². The summed E-state index contributed by atoms with van der Waals surface area (Å²) in [5.41, 5.74) is 0.913. The second kappa shape index (κ2) is 6.33. The molecule has 106 valence electrons. The Hall–Kier alpha value is -2.15. The standard InChI is InChI=1S/C13H16N4O2S/c1-2-7-16-12-5-3-4-6-13(12)20(18,19)17-11-8-14-10-15-9-11/h3-6,8-10,16-17H,2,7H2,1H3. The molecule has 0 saturated heterocycles. The summed E-state index contributed by atoms with van der Waals surface area (Å²) in [6.07, 6.45) is 5.07. The first-order valence-corrected chi connectivity index (χ1v) is 7.72. The monoisotopic (exact) mass is 292 g/mol. The molecule has 1 aromatic carbocycles. The maximum Gasteiger partial charge on any atom is 0.264 e. The lowest BCUT2D eigenvalue weighted by atomic mass is 10.3. The molecule has 0 spiro atoms. The SMILES string of the molecule is CCCNc1ccccc1S(=O)(=O)Nc1cncnc1. The molecule has 0 saturated carbocycles. The van der Waals surface area contributed by atoms with E-state index in [1.807, 2.05) is 6.92 Å². The van der Waals surface area contributed by atoms with Gasteiger partial charge in [-0.25, -0.2) is 18.4 Å². The highest BCUT2D eigenvalue weighted by atomic mass is 32.2. The Kier molecular flexibility index (Phi) is 4.52. The van der Waals surface area contributed by atoms with Crippen molar-refractivity contribution >= 4 is 21.4 Å². The second-order valence-corrected chi connectivity index (χ2v) is 5.81. The van der Waals surface area contributed by atoms with Crippen molar-refractivity contribution in [3.05, 3.63) is 43.0 Å². The molecule has 0 unspecified atom stereocenters. The highest BCUT2D eigenvalue weighted by Crippen LogP contribution is 2.23. The molecule has 0 fully saturated rings. The van der Waals surface area contributed by atoms with Gasteiger partial charge in [-0.2, -0.15) is 0 Å². The van der Waals surface area contributed by atoms with Gasteiger partial charge in [0.1, 0.15) is 11.2 Å². The Morgan fingerprint density at radius 1 is 1.15 bits per heavy atom. The zero-order valence-electron chi connectivity index (χ0n) is 11.1. The van der Waals surface area contributed by atoms with E-state index in [-0.39, 0.29) is 4.90 Å². The van der Waals surface area contributed by atoms with Crippen LogP contribution in [0.25, 0.3) is 0 Å². The Labute approximate surface area is 118 Å². The molecular weight excluding hydrogens is 276 g/mol. The fraction of sp³-hybridized carbons (Fsp3) is 0.231. The normalized spacial score (nSPS) is 11.1. The molecule has 6 nitrogen and oxygen atoms in total. The van der Waals surface area contributed by atoms with Gasteiger partial charge in [-0.3, -0.25) is 4.72 Å². The van der Waals surface area contributed by atoms with E-state index in [9.17, 15) is 8.42 Å². The minimum absolute atomic E-state index is 0.206. The van der Waals surface area contributed by atoms with Gasteiger partial charge in [-0.05, 0) is 18.6 Å². The van der Waals surface area contributed by atoms with E-state index in [4.69, 9.17) is 0 Å². The van der Waals surface area contributed by atoms with Crippen LogP contribution in [0.5, 0.6) is 0 Å². The third kappa shape index (κ3) is 3.45. The lowest BCUT2D eigenvalue weighted by Crippen LogP contribution is -2.16. The highest BCUT2D eigenvalue weighted by Gasteiger charge is 2.18. The van der Waals surface area contributed by atoms with Crippen molar-refractivity contribution in [2.24, 2.45) is 0 Å². The van der Waals surface area contributed by atoms with Crippen molar-refractivity contribution in [1.82, 2.24) is 9.97 Å². The summed E-state index contributed by atoms with van der Waals surface area (Å²) in [6.45, 7) is 2.73. The summed E-state index contributed by atoms with van der Waals surface area (Å²) >= 11 is 0. The number of rotatable bonds is 6. The van der Waals surface area contributed by atoms with Crippen LogP contribution in [-0.2, 0) is 10.0 Å². The van der Waals surface area contributed by atoms with E-state index in [1.165, 1.54) is 18.7 Å². The average molecular weight is 292 g/mol. The lowest BCUT2D eigenvalue weighted by molar-refractivity contribution is 0.601. The maximum absolute atomic E-state index is 12.4. The molecule has 0 atom stereocenters. The number of sulfonamides is 1. The molecule has 1 heterocycles. The van der Waals surface area contributed by atoms with E-state index >= 15 is 0 Å². The molecule has 0 aliphatic carbocycles. The lowest BCUT2D eigenvalue weighted by Gasteiger charge is -2.13. The predicted molar refractivity (Wildman–Crippen MR) is 78.1 cm³/mol. The van der Waals surface area contributed by atoms with Gasteiger partial charge in [0.25, 0.3) is 10.0 Å². The molecule has 20 heavy (non-hydrogen) atoms. The fourth-order valence-corrected chi connectivity index (χ4v) is 2.88. The van der Waals surface area contributed by atoms with Gasteiger partial charge in [0.2, 0.25) is 0 Å². The highest BCUT2D eigenvalue weighted by molar-refractivity contribution is 7.92. The van der Waals surface area contributed by atoms with Crippen LogP contribution in [0.2, 0.25) is 0 Å². The number of nitrogens with zero attached hydrogens (tertiary/aromatic N) is 2. The summed E-state index contributed by atoms with van der Waals surface area (Å²) < 4.78 is 27.2. The predicted octanol–water partition coefficient (Wildman–Crippen LogP) is 2.10. The van der Waals surface area contributed by atoms with E-state index in [0.29, 0.717) is 17.9 Å². The fourth-order valence-electron chi connectivity index (χ4n) is 1.67. The van der Waals surface area contributed by atoms with Crippen LogP contribution < -0.4 is 10.0 Å². The van der Waals surface area contributed by atoms with E-state index < -0.39 is 10.0 Å². The summed E-state index contributed by atoms with van der Waals surface area (Å²) in [5, 5.41) is 3.10. The van der Waals surface area contributed by atoms with Crippen LogP contribution >= 0.6 is 0 Å². The topological polar surface area (TPSA) is 84.0 Å². The molecule has 2 N–H and O–H groups in total. The number of nitrogens with one attached hydrogen (secondary N) is 2. The summed E-state index contributed by atoms with van der Waals surface area (Å²) in [5.74, 6) is 0. The summed E-state index contributed by atoms with van der Waals surface area (Å²) in [4.78, 5) is 7.77. The van der Waals surface area contributed by atoms with Crippen molar-refractivity contribution in [2.75, 3.05) is 16.6 Å². The van der Waals surface area contributed by atoms with Crippen molar-refractivity contribution in [3.8, 4) is 0 Å². The molecule has 0 bridgehead atoms. The van der Waals surface area contributed by atoms with Crippen LogP contribution in [-0.4, -0.2) is 24.9 Å². The van der Waals surface area contributed by atoms with E-state index in [1.54, 1.807) is 24.3 Å². The first-order chi connectivity index (χ1) is 9.63. The molecule has 0 aliphatic rings. The zero-order valence-corrected chi connectivity index (χ0v) is 11.9. The number of benzene rings is 1. The van der Waals surface area contributed by atoms with Crippen LogP contribution in [0.4, 0.5) is 11.4 Å². The first kappa shape index (κ1) is 14.3. The van der Waals surface area contributed by atoms with Gasteiger partial charge in [0.05, 0.1) is 23.8 Å². The number of hydrogen-bond acceptors (Lipinski definition) is 5. The third-order valence-corrected chi connectivity index (χ3v) is 3.99. The molecule has 0 aliphatic heterocycles. The molecule has 1 aromatic heterocycles. The van der Waals surface area contributed by atoms with Gasteiger partial charge in [0, 0.05) is 6.54 Å². The van der Waals surface area contributed by atoms with Crippen molar-refractivity contribution in [3.63, 3.8) is 0 Å². The Morgan fingerprint density at radius 2 is 1.85 bits per heavy atom.